The molecule has 0 bridgehead atoms. The summed E-state index contributed by atoms with van der Waals surface area (Å²) in [4.78, 5) is 26.7. The number of benzene rings is 1. The molecule has 2 amide bonds. The zero-order valence-corrected chi connectivity index (χ0v) is 15.2. The van der Waals surface area contributed by atoms with E-state index in [1.165, 1.54) is 12.1 Å². The zero-order chi connectivity index (χ0) is 18.4. The maximum absolute atomic E-state index is 13.2. The predicted molar refractivity (Wildman–Crippen MR) is 99.2 cm³/mol. The Balaban J connectivity index is 1.40. The molecule has 142 valence electrons. The average molecular weight is 361 g/mol. The molecule has 0 saturated carbocycles. The molecule has 6 heteroatoms. The first-order valence-corrected chi connectivity index (χ1v) is 9.67. The van der Waals surface area contributed by atoms with Crippen molar-refractivity contribution in [3.63, 3.8) is 0 Å². The van der Waals surface area contributed by atoms with Crippen molar-refractivity contribution in [2.75, 3.05) is 31.5 Å². The fourth-order valence-corrected chi connectivity index (χ4v) is 3.86. The van der Waals surface area contributed by atoms with Gasteiger partial charge in [0.1, 0.15) is 5.82 Å². The van der Waals surface area contributed by atoms with Crippen molar-refractivity contribution in [3.05, 3.63) is 30.1 Å². The predicted octanol–water partition coefficient (Wildman–Crippen LogP) is 2.78. The Morgan fingerprint density at radius 1 is 1.15 bits per heavy atom. The first-order chi connectivity index (χ1) is 12.6. The molecule has 26 heavy (non-hydrogen) atoms. The van der Waals surface area contributed by atoms with Gasteiger partial charge in [0.25, 0.3) is 0 Å². The van der Waals surface area contributed by atoms with Gasteiger partial charge in [-0.25, -0.2) is 4.39 Å². The lowest BCUT2D eigenvalue weighted by atomic mass is 9.92. The first-order valence-electron chi connectivity index (χ1n) is 9.67. The number of likely N-dealkylation sites (tertiary alicyclic amines) is 1. The lowest BCUT2D eigenvalue weighted by molar-refractivity contribution is -0.134. The molecule has 0 atom stereocenters. The molecule has 0 spiro atoms. The van der Waals surface area contributed by atoms with Crippen LogP contribution in [0, 0.1) is 17.7 Å². The molecule has 2 heterocycles. The van der Waals surface area contributed by atoms with E-state index in [9.17, 15) is 14.0 Å². The molecule has 2 saturated heterocycles. The summed E-state index contributed by atoms with van der Waals surface area (Å²) in [6, 6.07) is 5.93. The first kappa shape index (κ1) is 18.8. The second kappa shape index (κ2) is 9.12. The second-order valence-electron chi connectivity index (χ2n) is 7.39. The Morgan fingerprint density at radius 3 is 2.58 bits per heavy atom. The summed E-state index contributed by atoms with van der Waals surface area (Å²) in [6.45, 7) is 3.38. The summed E-state index contributed by atoms with van der Waals surface area (Å²) in [5.41, 5.74) is 0.482. The van der Waals surface area contributed by atoms with Gasteiger partial charge in [0, 0.05) is 31.1 Å². The number of piperidine rings is 2. The molecule has 1 aromatic rings. The fourth-order valence-electron chi connectivity index (χ4n) is 3.86. The molecule has 3 rings (SSSR count). The highest BCUT2D eigenvalue weighted by Gasteiger charge is 2.27. The van der Waals surface area contributed by atoms with E-state index in [1.807, 2.05) is 4.90 Å². The van der Waals surface area contributed by atoms with Gasteiger partial charge in [0.15, 0.2) is 0 Å². The van der Waals surface area contributed by atoms with Crippen LogP contribution in [0.3, 0.4) is 0 Å². The Kier molecular flexibility index (Phi) is 6.61. The number of nitrogens with zero attached hydrogens (tertiary/aromatic N) is 1. The number of nitrogens with one attached hydrogen (secondary N) is 2. The number of carbonyl (C=O) groups is 2. The number of halogens is 1. The second-order valence-corrected chi connectivity index (χ2v) is 7.39. The van der Waals surface area contributed by atoms with Crippen LogP contribution in [0.25, 0.3) is 0 Å². The van der Waals surface area contributed by atoms with Crippen molar-refractivity contribution in [1.29, 1.82) is 0 Å². The molecular weight excluding hydrogens is 333 g/mol. The third kappa shape index (κ3) is 5.27. The summed E-state index contributed by atoms with van der Waals surface area (Å²) < 4.78 is 13.2. The SMILES string of the molecule is O=C(Nc1cccc(F)c1)C1CCN(C(=O)CCC2CCNCC2)CC1. The van der Waals surface area contributed by atoms with Gasteiger partial charge in [-0.05, 0) is 69.3 Å². The molecule has 2 N–H and O–H groups in total. The van der Waals surface area contributed by atoms with Crippen LogP contribution in [0.2, 0.25) is 0 Å². The van der Waals surface area contributed by atoms with Crippen molar-refractivity contribution < 1.29 is 14.0 Å². The van der Waals surface area contributed by atoms with Crippen LogP contribution in [0.5, 0.6) is 0 Å². The third-order valence-corrected chi connectivity index (χ3v) is 5.54. The van der Waals surface area contributed by atoms with Crippen molar-refractivity contribution in [1.82, 2.24) is 10.2 Å². The molecule has 0 aromatic heterocycles. The summed E-state index contributed by atoms with van der Waals surface area (Å²) >= 11 is 0. The maximum Gasteiger partial charge on any atom is 0.227 e. The standard InChI is InChI=1S/C20H28FN3O2/c21-17-2-1-3-18(14-17)23-20(26)16-8-12-24(13-9-16)19(25)5-4-15-6-10-22-11-7-15/h1-3,14-16,22H,4-13H2,(H,23,26). The molecule has 2 aliphatic rings. The van der Waals surface area contributed by atoms with E-state index in [0.29, 0.717) is 44.0 Å². The summed E-state index contributed by atoms with van der Waals surface area (Å²) in [7, 11) is 0. The Hall–Kier alpha value is -1.95. The average Bonchev–Trinajstić information content (AvgIpc) is 2.67. The normalized spacial score (nSPS) is 19.3. The monoisotopic (exact) mass is 361 g/mol. The maximum atomic E-state index is 13.2. The summed E-state index contributed by atoms with van der Waals surface area (Å²) in [5, 5.41) is 6.12. The van der Waals surface area contributed by atoms with E-state index in [-0.39, 0.29) is 23.5 Å². The van der Waals surface area contributed by atoms with Gasteiger partial charge in [0.2, 0.25) is 11.8 Å². The van der Waals surface area contributed by atoms with Crippen molar-refractivity contribution >= 4 is 17.5 Å². The Labute approximate surface area is 154 Å². The largest absolute Gasteiger partial charge is 0.343 e. The van der Waals surface area contributed by atoms with E-state index >= 15 is 0 Å². The highest BCUT2D eigenvalue weighted by molar-refractivity contribution is 5.92. The lowest BCUT2D eigenvalue weighted by Gasteiger charge is -2.32. The van der Waals surface area contributed by atoms with E-state index in [4.69, 9.17) is 0 Å². The van der Waals surface area contributed by atoms with Crippen LogP contribution < -0.4 is 10.6 Å². The molecule has 5 nitrogen and oxygen atoms in total. The topological polar surface area (TPSA) is 61.4 Å². The molecule has 0 aliphatic carbocycles. The van der Waals surface area contributed by atoms with E-state index in [2.05, 4.69) is 10.6 Å². The summed E-state index contributed by atoms with van der Waals surface area (Å²) in [5.74, 6) is 0.309. The molecule has 0 radical (unpaired) electrons. The third-order valence-electron chi connectivity index (χ3n) is 5.54. The number of hydrogen-bond donors (Lipinski definition) is 2. The zero-order valence-electron chi connectivity index (χ0n) is 15.2. The van der Waals surface area contributed by atoms with Crippen molar-refractivity contribution in [2.45, 2.75) is 38.5 Å². The van der Waals surface area contributed by atoms with E-state index < -0.39 is 0 Å². The lowest BCUT2D eigenvalue weighted by Crippen LogP contribution is -2.41. The number of amides is 2. The molecule has 0 unspecified atom stereocenters. The highest BCUT2D eigenvalue weighted by atomic mass is 19.1. The molecule has 2 aliphatic heterocycles. The Morgan fingerprint density at radius 2 is 1.88 bits per heavy atom. The smallest absolute Gasteiger partial charge is 0.227 e. The van der Waals surface area contributed by atoms with Crippen LogP contribution in [0.4, 0.5) is 10.1 Å². The van der Waals surface area contributed by atoms with Crippen molar-refractivity contribution in [3.8, 4) is 0 Å². The van der Waals surface area contributed by atoms with Gasteiger partial charge in [-0.2, -0.15) is 0 Å². The number of rotatable bonds is 5. The minimum atomic E-state index is -0.364. The van der Waals surface area contributed by atoms with Crippen LogP contribution in [0.15, 0.2) is 24.3 Å². The van der Waals surface area contributed by atoms with Crippen LogP contribution in [-0.4, -0.2) is 42.9 Å². The minimum absolute atomic E-state index is 0.0857. The highest BCUT2D eigenvalue weighted by Crippen LogP contribution is 2.22. The quantitative estimate of drug-likeness (QED) is 0.848. The van der Waals surface area contributed by atoms with Crippen LogP contribution in [0.1, 0.15) is 38.5 Å². The van der Waals surface area contributed by atoms with Crippen LogP contribution >= 0.6 is 0 Å². The van der Waals surface area contributed by atoms with Gasteiger partial charge in [-0.3, -0.25) is 9.59 Å². The Bertz CT molecular complexity index is 623. The number of anilines is 1. The van der Waals surface area contributed by atoms with Gasteiger partial charge < -0.3 is 15.5 Å². The van der Waals surface area contributed by atoms with E-state index in [1.54, 1.807) is 12.1 Å². The number of hydrogen-bond acceptors (Lipinski definition) is 3. The molecule has 2 fully saturated rings. The van der Waals surface area contributed by atoms with E-state index in [0.717, 1.165) is 32.4 Å². The molecule has 1 aromatic carbocycles. The van der Waals surface area contributed by atoms with Gasteiger partial charge >= 0.3 is 0 Å². The minimum Gasteiger partial charge on any atom is -0.343 e. The molecular formula is C20H28FN3O2. The number of carbonyl (C=O) groups excluding carboxylic acids is 2. The van der Waals surface area contributed by atoms with Crippen LogP contribution in [-0.2, 0) is 9.59 Å². The fraction of sp³-hybridized carbons (Fsp3) is 0.600. The van der Waals surface area contributed by atoms with Gasteiger partial charge in [-0.1, -0.05) is 6.07 Å². The van der Waals surface area contributed by atoms with Gasteiger partial charge in [0.05, 0.1) is 0 Å². The van der Waals surface area contributed by atoms with Gasteiger partial charge in [-0.15, -0.1) is 0 Å². The van der Waals surface area contributed by atoms with Crippen molar-refractivity contribution in [2.24, 2.45) is 11.8 Å². The summed E-state index contributed by atoms with van der Waals surface area (Å²) in [6.07, 6.45) is 5.25.